The maximum absolute atomic E-state index is 11.9. The molecule has 2 aromatic heterocycles. The number of hydrogen-bond acceptors (Lipinski definition) is 3. The molecule has 3 rings (SSSR count). The summed E-state index contributed by atoms with van der Waals surface area (Å²) in [4.78, 5) is 11.9. The number of carbonyl (C=O) groups is 1. The van der Waals surface area contributed by atoms with Gasteiger partial charge in [0.25, 0.3) is 0 Å². The van der Waals surface area contributed by atoms with Crippen molar-refractivity contribution in [1.29, 1.82) is 0 Å². The van der Waals surface area contributed by atoms with E-state index in [9.17, 15) is 4.79 Å². The van der Waals surface area contributed by atoms with Gasteiger partial charge in [0.1, 0.15) is 11.5 Å². The van der Waals surface area contributed by atoms with Crippen LogP contribution in [0.2, 0.25) is 5.02 Å². The average molecular weight is 372 g/mol. The van der Waals surface area contributed by atoms with Crippen molar-refractivity contribution in [1.82, 2.24) is 4.40 Å². The van der Waals surface area contributed by atoms with Crippen LogP contribution in [0.3, 0.4) is 0 Å². The fraction of sp³-hybridized carbons (Fsp3) is 0.286. The van der Waals surface area contributed by atoms with Crippen LogP contribution in [0, 0.1) is 0 Å². The highest BCUT2D eigenvalue weighted by atomic mass is 35.5. The standard InChI is InChI=1S/C21H22ClNO3/c1-4-14-7-8-15-9-16(19(13-24)23(15)12-14)17-10-18(22)21(26-6-3)11-20(17)25-5-2/h7-13H,4-6H2,1-3H3. The third kappa shape index (κ3) is 3.29. The lowest BCUT2D eigenvalue weighted by atomic mass is 10.0. The summed E-state index contributed by atoms with van der Waals surface area (Å²) in [6.45, 7) is 6.93. The van der Waals surface area contributed by atoms with Gasteiger partial charge in [0.05, 0.1) is 23.9 Å². The number of benzene rings is 1. The van der Waals surface area contributed by atoms with Gasteiger partial charge in [-0.1, -0.05) is 24.6 Å². The largest absolute Gasteiger partial charge is 0.493 e. The molecule has 0 aliphatic heterocycles. The van der Waals surface area contributed by atoms with E-state index in [-0.39, 0.29) is 0 Å². The molecular weight excluding hydrogens is 350 g/mol. The number of hydrogen-bond donors (Lipinski definition) is 0. The molecule has 2 heterocycles. The van der Waals surface area contributed by atoms with E-state index < -0.39 is 0 Å². The first-order valence-electron chi connectivity index (χ1n) is 8.81. The fourth-order valence-corrected chi connectivity index (χ4v) is 3.28. The number of aldehydes is 1. The van der Waals surface area contributed by atoms with Crippen LogP contribution >= 0.6 is 11.6 Å². The molecule has 26 heavy (non-hydrogen) atoms. The van der Waals surface area contributed by atoms with Gasteiger partial charge in [0.2, 0.25) is 0 Å². The SMILES string of the molecule is CCOc1cc(OCC)c(-c2cc3ccc(CC)cn3c2C=O)cc1Cl. The Morgan fingerprint density at radius 2 is 1.73 bits per heavy atom. The summed E-state index contributed by atoms with van der Waals surface area (Å²) in [5, 5.41) is 0.492. The van der Waals surface area contributed by atoms with Crippen molar-refractivity contribution in [3.8, 4) is 22.6 Å². The van der Waals surface area contributed by atoms with Crippen molar-refractivity contribution in [3.63, 3.8) is 0 Å². The lowest BCUT2D eigenvalue weighted by Gasteiger charge is -2.14. The third-order valence-electron chi connectivity index (χ3n) is 4.31. The summed E-state index contributed by atoms with van der Waals surface area (Å²) in [6, 6.07) is 9.67. The van der Waals surface area contributed by atoms with E-state index in [0.717, 1.165) is 34.9 Å². The van der Waals surface area contributed by atoms with E-state index in [1.807, 2.05) is 36.6 Å². The molecule has 0 unspecified atom stereocenters. The Kier molecular flexibility index (Phi) is 5.52. The van der Waals surface area contributed by atoms with Gasteiger partial charge in [0.15, 0.2) is 6.29 Å². The Morgan fingerprint density at radius 1 is 1.00 bits per heavy atom. The minimum Gasteiger partial charge on any atom is -0.493 e. The van der Waals surface area contributed by atoms with Gasteiger partial charge in [-0.05, 0) is 44.0 Å². The van der Waals surface area contributed by atoms with E-state index in [2.05, 4.69) is 13.0 Å². The van der Waals surface area contributed by atoms with Crippen molar-refractivity contribution in [2.45, 2.75) is 27.2 Å². The predicted molar refractivity (Wildman–Crippen MR) is 105 cm³/mol. The normalized spacial score (nSPS) is 10.9. The molecule has 0 spiro atoms. The Balaban J connectivity index is 2.25. The zero-order valence-corrected chi connectivity index (χ0v) is 16.0. The predicted octanol–water partition coefficient (Wildman–Crippen LogP) is 5.43. The molecule has 4 nitrogen and oxygen atoms in total. The van der Waals surface area contributed by atoms with Gasteiger partial charge in [-0.2, -0.15) is 0 Å². The Labute approximate surface area is 158 Å². The van der Waals surface area contributed by atoms with Crippen molar-refractivity contribution in [2.24, 2.45) is 0 Å². The van der Waals surface area contributed by atoms with Crippen LogP contribution in [-0.2, 0) is 6.42 Å². The van der Waals surface area contributed by atoms with Crippen LogP contribution in [-0.4, -0.2) is 23.9 Å². The average Bonchev–Trinajstić information content (AvgIpc) is 3.01. The van der Waals surface area contributed by atoms with Crippen LogP contribution in [0.4, 0.5) is 0 Å². The Hall–Kier alpha value is -2.46. The lowest BCUT2D eigenvalue weighted by Crippen LogP contribution is -1.99. The molecule has 0 aliphatic rings. The van der Waals surface area contributed by atoms with Gasteiger partial charge >= 0.3 is 0 Å². The number of pyridine rings is 1. The second kappa shape index (κ2) is 7.83. The maximum atomic E-state index is 11.9. The topological polar surface area (TPSA) is 39.9 Å². The summed E-state index contributed by atoms with van der Waals surface area (Å²) >= 11 is 6.40. The van der Waals surface area contributed by atoms with Gasteiger partial charge in [-0.3, -0.25) is 4.79 Å². The molecule has 0 saturated heterocycles. The zero-order valence-electron chi connectivity index (χ0n) is 15.2. The molecule has 0 saturated carbocycles. The second-order valence-electron chi connectivity index (χ2n) is 5.89. The van der Waals surface area contributed by atoms with E-state index in [0.29, 0.717) is 35.4 Å². The number of nitrogens with zero attached hydrogens (tertiary/aromatic N) is 1. The lowest BCUT2D eigenvalue weighted by molar-refractivity contribution is 0.111. The second-order valence-corrected chi connectivity index (χ2v) is 6.30. The van der Waals surface area contributed by atoms with Gasteiger partial charge in [0, 0.05) is 28.9 Å². The highest BCUT2D eigenvalue weighted by Gasteiger charge is 2.18. The minimum absolute atomic E-state index is 0.492. The van der Waals surface area contributed by atoms with Crippen molar-refractivity contribution in [3.05, 3.63) is 52.8 Å². The van der Waals surface area contributed by atoms with E-state index in [1.165, 1.54) is 0 Å². The Bertz CT molecular complexity index is 946. The Morgan fingerprint density at radius 3 is 2.38 bits per heavy atom. The molecule has 0 N–H and O–H groups in total. The molecule has 136 valence electrons. The number of aryl methyl sites for hydroxylation is 1. The first-order chi connectivity index (χ1) is 12.6. The summed E-state index contributed by atoms with van der Waals surface area (Å²) < 4.78 is 13.3. The quantitative estimate of drug-likeness (QED) is 0.520. The van der Waals surface area contributed by atoms with E-state index in [4.69, 9.17) is 21.1 Å². The smallest absolute Gasteiger partial charge is 0.167 e. The van der Waals surface area contributed by atoms with Crippen LogP contribution in [0.25, 0.3) is 16.6 Å². The fourth-order valence-electron chi connectivity index (χ4n) is 3.07. The monoisotopic (exact) mass is 371 g/mol. The summed E-state index contributed by atoms with van der Waals surface area (Å²) in [7, 11) is 0. The molecule has 1 aromatic carbocycles. The molecule has 0 amide bonds. The number of rotatable bonds is 7. The zero-order chi connectivity index (χ0) is 18.7. The minimum atomic E-state index is 0.492. The first kappa shape index (κ1) is 18.3. The molecule has 0 aliphatic carbocycles. The van der Waals surface area contributed by atoms with Crippen LogP contribution in [0.5, 0.6) is 11.5 Å². The van der Waals surface area contributed by atoms with Crippen LogP contribution in [0.1, 0.15) is 36.8 Å². The van der Waals surface area contributed by atoms with Gasteiger partial charge in [-0.25, -0.2) is 0 Å². The highest BCUT2D eigenvalue weighted by Crippen LogP contribution is 2.40. The van der Waals surface area contributed by atoms with E-state index in [1.54, 1.807) is 12.1 Å². The van der Waals surface area contributed by atoms with E-state index >= 15 is 0 Å². The third-order valence-corrected chi connectivity index (χ3v) is 4.61. The molecule has 0 atom stereocenters. The van der Waals surface area contributed by atoms with Crippen molar-refractivity contribution < 1.29 is 14.3 Å². The summed E-state index contributed by atoms with van der Waals surface area (Å²) in [5.41, 5.74) is 4.27. The molecule has 0 bridgehead atoms. The van der Waals surface area contributed by atoms with Crippen LogP contribution < -0.4 is 9.47 Å². The molecule has 0 radical (unpaired) electrons. The number of carbonyl (C=O) groups excluding carboxylic acids is 1. The molecular formula is C21H22ClNO3. The summed E-state index contributed by atoms with van der Waals surface area (Å²) in [6.07, 6.45) is 3.78. The van der Waals surface area contributed by atoms with Gasteiger partial charge < -0.3 is 13.9 Å². The van der Waals surface area contributed by atoms with Crippen molar-refractivity contribution in [2.75, 3.05) is 13.2 Å². The number of ether oxygens (including phenoxy) is 2. The summed E-state index contributed by atoms with van der Waals surface area (Å²) in [5.74, 6) is 1.22. The number of aromatic nitrogens is 1. The van der Waals surface area contributed by atoms with Crippen LogP contribution in [0.15, 0.2) is 36.5 Å². The maximum Gasteiger partial charge on any atom is 0.167 e. The number of halogens is 1. The number of fused-ring (bicyclic) bond motifs is 1. The van der Waals surface area contributed by atoms with Crippen molar-refractivity contribution >= 4 is 23.4 Å². The molecule has 5 heteroatoms. The highest BCUT2D eigenvalue weighted by molar-refractivity contribution is 6.32. The molecule has 0 fully saturated rings. The molecule has 3 aromatic rings. The van der Waals surface area contributed by atoms with Gasteiger partial charge in [-0.15, -0.1) is 0 Å². The first-order valence-corrected chi connectivity index (χ1v) is 9.19.